The lowest BCUT2D eigenvalue weighted by molar-refractivity contribution is 0.0759. The summed E-state index contributed by atoms with van der Waals surface area (Å²) < 4.78 is 6.70. The molecule has 0 saturated carbocycles. The van der Waals surface area contributed by atoms with E-state index in [1.54, 1.807) is 11.2 Å². The number of ether oxygens (including phenoxy) is 1. The molecule has 82 valence electrons. The number of aliphatic hydroxyl groups is 1. The molecule has 7 heteroatoms. The number of carbonyl (C=O) groups is 1. The van der Waals surface area contributed by atoms with Crippen LogP contribution >= 0.6 is 0 Å². The van der Waals surface area contributed by atoms with E-state index in [1.165, 1.54) is 0 Å². The molecule has 2 heterocycles. The number of nitrogens with zero attached hydrogens (tertiary/aromatic N) is 4. The molecule has 0 aromatic carbocycles. The molecule has 1 aromatic rings. The third-order valence-electron chi connectivity index (χ3n) is 2.21. The van der Waals surface area contributed by atoms with Crippen LogP contribution in [0.15, 0.2) is 6.33 Å². The van der Waals surface area contributed by atoms with Gasteiger partial charge in [-0.1, -0.05) is 0 Å². The minimum atomic E-state index is -0.418. The first-order chi connectivity index (χ1) is 7.31. The van der Waals surface area contributed by atoms with Crippen LogP contribution in [-0.4, -0.2) is 50.6 Å². The van der Waals surface area contributed by atoms with E-state index in [0.717, 1.165) is 5.82 Å². The molecule has 1 aliphatic heterocycles. The zero-order valence-corrected chi connectivity index (χ0v) is 8.17. The van der Waals surface area contributed by atoms with E-state index >= 15 is 0 Å². The molecule has 0 saturated heterocycles. The van der Waals surface area contributed by atoms with Crippen molar-refractivity contribution >= 4 is 6.09 Å². The molecule has 1 N–H and O–H groups in total. The molecule has 2 rings (SSSR count). The van der Waals surface area contributed by atoms with Gasteiger partial charge >= 0.3 is 6.09 Å². The molecule has 1 aliphatic rings. The van der Waals surface area contributed by atoms with Crippen LogP contribution in [0.1, 0.15) is 5.82 Å². The van der Waals surface area contributed by atoms with Crippen LogP contribution in [0.5, 0.6) is 0 Å². The number of hydrogen-bond acceptors (Lipinski definition) is 5. The van der Waals surface area contributed by atoms with Crippen LogP contribution in [0.2, 0.25) is 0 Å². The largest absolute Gasteiger partial charge is 0.447 e. The summed E-state index contributed by atoms with van der Waals surface area (Å²) in [6.07, 6.45) is 1.23. The Kier molecular flexibility index (Phi) is 2.82. The molecular weight excluding hydrogens is 200 g/mol. The van der Waals surface area contributed by atoms with Crippen molar-refractivity contribution in [2.45, 2.75) is 13.1 Å². The van der Waals surface area contributed by atoms with E-state index in [9.17, 15) is 4.79 Å². The molecule has 7 nitrogen and oxygen atoms in total. The summed E-state index contributed by atoms with van der Waals surface area (Å²) in [5.74, 6) is 0.752. The Labute approximate surface area is 86.3 Å². The van der Waals surface area contributed by atoms with Gasteiger partial charge in [0.2, 0.25) is 0 Å². The summed E-state index contributed by atoms with van der Waals surface area (Å²) in [6.45, 7) is 1.54. The van der Waals surface area contributed by atoms with Crippen LogP contribution in [0.4, 0.5) is 4.79 Å². The zero-order valence-electron chi connectivity index (χ0n) is 8.17. The summed E-state index contributed by atoms with van der Waals surface area (Å²) in [5, 5.41) is 16.2. The molecule has 0 spiro atoms. The maximum absolute atomic E-state index is 11.4. The first-order valence-corrected chi connectivity index (χ1v) is 4.70. The Morgan fingerprint density at radius 2 is 2.47 bits per heavy atom. The molecular formula is C8H12N4O3. The predicted octanol–water partition coefficient (Wildman–Crippen LogP) is -0.777. The first kappa shape index (κ1) is 9.91. The quantitative estimate of drug-likeness (QED) is 0.695. The molecule has 1 aromatic heterocycles. The second kappa shape index (κ2) is 4.26. The normalized spacial score (nSPS) is 14.9. The lowest BCUT2D eigenvalue weighted by atomic mass is 10.4. The van der Waals surface area contributed by atoms with Crippen molar-refractivity contribution in [2.75, 3.05) is 19.8 Å². The van der Waals surface area contributed by atoms with Crippen molar-refractivity contribution in [2.24, 2.45) is 0 Å². The summed E-state index contributed by atoms with van der Waals surface area (Å²) in [5.41, 5.74) is 0. The van der Waals surface area contributed by atoms with Gasteiger partial charge in [-0.05, 0) is 0 Å². The number of fused-ring (bicyclic) bond motifs is 1. The standard InChI is InChI=1S/C8H12N4O3/c13-3-4-15-8(14)11-1-2-12-6-9-10-7(12)5-11/h6,13H,1-5H2. The highest BCUT2D eigenvalue weighted by molar-refractivity contribution is 5.67. The number of aromatic nitrogens is 3. The number of rotatable bonds is 2. The minimum absolute atomic E-state index is 0.0298. The van der Waals surface area contributed by atoms with Gasteiger partial charge in [0.05, 0.1) is 13.2 Å². The smallest absolute Gasteiger partial charge is 0.410 e. The number of amides is 1. The zero-order chi connectivity index (χ0) is 10.7. The Bertz CT molecular complexity index is 351. The first-order valence-electron chi connectivity index (χ1n) is 4.70. The highest BCUT2D eigenvalue weighted by atomic mass is 16.6. The van der Waals surface area contributed by atoms with Crippen LogP contribution in [0, 0.1) is 0 Å². The van der Waals surface area contributed by atoms with Gasteiger partial charge in [0.15, 0.2) is 5.82 Å². The van der Waals surface area contributed by atoms with E-state index in [-0.39, 0.29) is 13.2 Å². The predicted molar refractivity (Wildman–Crippen MR) is 48.9 cm³/mol. The number of aliphatic hydroxyl groups excluding tert-OH is 1. The van der Waals surface area contributed by atoms with Crippen LogP contribution < -0.4 is 0 Å². The Morgan fingerprint density at radius 3 is 3.27 bits per heavy atom. The lowest BCUT2D eigenvalue weighted by Crippen LogP contribution is -2.38. The van der Waals surface area contributed by atoms with E-state index in [4.69, 9.17) is 9.84 Å². The summed E-state index contributed by atoms with van der Waals surface area (Å²) in [6, 6.07) is 0. The molecule has 15 heavy (non-hydrogen) atoms. The second-order valence-corrected chi connectivity index (χ2v) is 3.20. The molecule has 1 amide bonds. The topological polar surface area (TPSA) is 80.5 Å². The van der Waals surface area contributed by atoms with Crippen molar-refractivity contribution in [3.8, 4) is 0 Å². The minimum Gasteiger partial charge on any atom is -0.447 e. The maximum atomic E-state index is 11.4. The Balaban J connectivity index is 1.94. The van der Waals surface area contributed by atoms with Crippen molar-refractivity contribution in [1.29, 1.82) is 0 Å². The molecule has 0 aliphatic carbocycles. The molecule has 0 radical (unpaired) electrons. The average Bonchev–Trinajstić information content (AvgIpc) is 2.72. The summed E-state index contributed by atoms with van der Waals surface area (Å²) in [4.78, 5) is 13.0. The molecule has 0 unspecified atom stereocenters. The van der Waals surface area contributed by atoms with Crippen molar-refractivity contribution in [3.05, 3.63) is 12.2 Å². The summed E-state index contributed by atoms with van der Waals surface area (Å²) in [7, 11) is 0. The number of carbonyl (C=O) groups excluding carboxylic acids is 1. The van der Waals surface area contributed by atoms with Crippen LogP contribution in [-0.2, 0) is 17.8 Å². The third kappa shape index (κ3) is 2.07. The lowest BCUT2D eigenvalue weighted by Gasteiger charge is -2.26. The molecule has 0 bridgehead atoms. The third-order valence-corrected chi connectivity index (χ3v) is 2.21. The summed E-state index contributed by atoms with van der Waals surface area (Å²) >= 11 is 0. The molecule has 0 fully saturated rings. The van der Waals surface area contributed by atoms with E-state index in [1.807, 2.05) is 4.57 Å². The average molecular weight is 212 g/mol. The van der Waals surface area contributed by atoms with Gasteiger partial charge in [-0.2, -0.15) is 0 Å². The second-order valence-electron chi connectivity index (χ2n) is 3.20. The highest BCUT2D eigenvalue weighted by Gasteiger charge is 2.22. The van der Waals surface area contributed by atoms with Crippen molar-refractivity contribution in [3.63, 3.8) is 0 Å². The van der Waals surface area contributed by atoms with Gasteiger partial charge in [0.25, 0.3) is 0 Å². The van der Waals surface area contributed by atoms with Gasteiger partial charge < -0.3 is 14.4 Å². The fraction of sp³-hybridized carbons (Fsp3) is 0.625. The SMILES string of the molecule is O=C(OCCO)N1CCn2cnnc2C1. The van der Waals surface area contributed by atoms with Gasteiger partial charge in [-0.3, -0.25) is 4.90 Å². The van der Waals surface area contributed by atoms with E-state index in [2.05, 4.69) is 10.2 Å². The Morgan fingerprint density at radius 1 is 1.60 bits per heavy atom. The van der Waals surface area contributed by atoms with Gasteiger partial charge in [0, 0.05) is 13.1 Å². The van der Waals surface area contributed by atoms with E-state index in [0.29, 0.717) is 19.6 Å². The van der Waals surface area contributed by atoms with Crippen molar-refractivity contribution < 1.29 is 14.6 Å². The van der Waals surface area contributed by atoms with E-state index < -0.39 is 6.09 Å². The highest BCUT2D eigenvalue weighted by Crippen LogP contribution is 2.09. The maximum Gasteiger partial charge on any atom is 0.410 e. The van der Waals surface area contributed by atoms with Gasteiger partial charge in [-0.25, -0.2) is 4.79 Å². The fourth-order valence-corrected chi connectivity index (χ4v) is 1.45. The van der Waals surface area contributed by atoms with Crippen molar-refractivity contribution in [1.82, 2.24) is 19.7 Å². The van der Waals surface area contributed by atoms with Crippen LogP contribution in [0.3, 0.4) is 0 Å². The monoisotopic (exact) mass is 212 g/mol. The fourth-order valence-electron chi connectivity index (χ4n) is 1.45. The Hall–Kier alpha value is -1.63. The number of hydrogen-bond donors (Lipinski definition) is 1. The van der Waals surface area contributed by atoms with Crippen LogP contribution in [0.25, 0.3) is 0 Å². The van der Waals surface area contributed by atoms with Gasteiger partial charge in [-0.15, -0.1) is 10.2 Å². The molecule has 0 atom stereocenters. The van der Waals surface area contributed by atoms with Gasteiger partial charge in [0.1, 0.15) is 12.9 Å².